The molecule has 1 aromatic rings. The number of hydrogen-bond donors (Lipinski definition) is 2. The van der Waals surface area contributed by atoms with Gasteiger partial charge in [0.1, 0.15) is 0 Å². The number of nitrogens with one attached hydrogen (secondary N) is 2. The summed E-state index contributed by atoms with van der Waals surface area (Å²) in [6.45, 7) is -0.369. The van der Waals surface area contributed by atoms with Crippen molar-refractivity contribution in [3.05, 3.63) is 29.6 Å². The van der Waals surface area contributed by atoms with Gasteiger partial charge in [-0.2, -0.15) is 0 Å². The molecule has 2 amide bonds. The molecule has 1 aromatic carbocycles. The summed E-state index contributed by atoms with van der Waals surface area (Å²) in [5.41, 5.74) is -0.479. The second kappa shape index (κ2) is 8.66. The Morgan fingerprint density at radius 2 is 1.76 bits per heavy atom. The van der Waals surface area contributed by atoms with Crippen LogP contribution in [0.3, 0.4) is 0 Å². The number of carbonyl (C=O) groups excluding carboxylic acids is 2. The summed E-state index contributed by atoms with van der Waals surface area (Å²) in [6, 6.07) is 1.61. The van der Waals surface area contributed by atoms with Crippen molar-refractivity contribution in [2.45, 2.75) is 19.3 Å². The summed E-state index contributed by atoms with van der Waals surface area (Å²) in [6.07, 6.45) is 1.79. The zero-order chi connectivity index (χ0) is 15.8. The SMILES string of the molecule is O=C(CCCCBr)NCC(=O)Nc1ccc(F)c(F)c1F. The number of halogens is 4. The number of alkyl halides is 1. The molecule has 8 heteroatoms. The topological polar surface area (TPSA) is 58.2 Å². The van der Waals surface area contributed by atoms with Gasteiger partial charge in [-0.3, -0.25) is 9.59 Å². The first-order chi connectivity index (χ1) is 9.95. The molecule has 4 nitrogen and oxygen atoms in total. The minimum atomic E-state index is -1.66. The molecule has 0 fully saturated rings. The van der Waals surface area contributed by atoms with Crippen molar-refractivity contribution in [2.24, 2.45) is 0 Å². The van der Waals surface area contributed by atoms with Crippen LogP contribution in [-0.2, 0) is 9.59 Å². The second-order valence-electron chi connectivity index (χ2n) is 4.19. The van der Waals surface area contributed by atoms with Crippen LogP contribution in [0.25, 0.3) is 0 Å². The lowest BCUT2D eigenvalue weighted by Crippen LogP contribution is -2.32. The van der Waals surface area contributed by atoms with E-state index in [1.165, 1.54) is 0 Å². The molecule has 21 heavy (non-hydrogen) atoms. The fraction of sp³-hybridized carbons (Fsp3) is 0.385. The number of amides is 2. The Hall–Kier alpha value is -1.57. The highest BCUT2D eigenvalue weighted by Crippen LogP contribution is 2.19. The number of anilines is 1. The van der Waals surface area contributed by atoms with E-state index in [2.05, 4.69) is 26.6 Å². The van der Waals surface area contributed by atoms with Crippen LogP contribution >= 0.6 is 15.9 Å². The normalized spacial score (nSPS) is 10.3. The third-order valence-electron chi connectivity index (χ3n) is 2.54. The van der Waals surface area contributed by atoms with Gasteiger partial charge in [0.15, 0.2) is 17.5 Å². The summed E-state index contributed by atoms with van der Waals surface area (Å²) < 4.78 is 39.0. The predicted molar refractivity (Wildman–Crippen MR) is 75.6 cm³/mol. The standard InChI is InChI=1S/C13H14BrF3N2O2/c14-6-2-1-3-10(20)18-7-11(21)19-9-5-4-8(15)12(16)13(9)17/h4-5H,1-3,6-7H2,(H,18,20)(H,19,21). The largest absolute Gasteiger partial charge is 0.347 e. The molecule has 0 aliphatic heterocycles. The van der Waals surface area contributed by atoms with Crippen molar-refractivity contribution in [3.63, 3.8) is 0 Å². The lowest BCUT2D eigenvalue weighted by Gasteiger charge is -2.08. The molecule has 0 spiro atoms. The van der Waals surface area contributed by atoms with Gasteiger partial charge < -0.3 is 10.6 Å². The van der Waals surface area contributed by atoms with Crippen molar-refractivity contribution < 1.29 is 22.8 Å². The van der Waals surface area contributed by atoms with Crippen LogP contribution < -0.4 is 10.6 Å². The molecule has 0 bridgehead atoms. The molecule has 116 valence electrons. The Morgan fingerprint density at radius 1 is 1.05 bits per heavy atom. The number of carbonyl (C=O) groups is 2. The fourth-order valence-corrected chi connectivity index (χ4v) is 1.86. The lowest BCUT2D eigenvalue weighted by molar-refractivity contribution is -0.124. The Morgan fingerprint density at radius 3 is 2.43 bits per heavy atom. The number of benzene rings is 1. The maximum atomic E-state index is 13.3. The fourth-order valence-electron chi connectivity index (χ4n) is 1.46. The summed E-state index contributed by atoms with van der Waals surface area (Å²) in [5, 5.41) is 5.20. The maximum Gasteiger partial charge on any atom is 0.243 e. The van der Waals surface area contributed by atoms with E-state index in [9.17, 15) is 22.8 Å². The second-order valence-corrected chi connectivity index (χ2v) is 4.99. The van der Waals surface area contributed by atoms with Crippen LogP contribution in [0.5, 0.6) is 0 Å². The summed E-state index contributed by atoms with van der Waals surface area (Å²) in [5.74, 6) is -5.52. The average Bonchev–Trinajstić information content (AvgIpc) is 2.46. The summed E-state index contributed by atoms with van der Waals surface area (Å²) in [4.78, 5) is 22.8. The van der Waals surface area contributed by atoms with Gasteiger partial charge in [0.05, 0.1) is 12.2 Å². The van der Waals surface area contributed by atoms with Crippen molar-refractivity contribution >= 4 is 33.4 Å². The van der Waals surface area contributed by atoms with Gasteiger partial charge in [-0.05, 0) is 25.0 Å². The van der Waals surface area contributed by atoms with Gasteiger partial charge in [0.25, 0.3) is 0 Å². The molecule has 0 unspecified atom stereocenters. The zero-order valence-electron chi connectivity index (χ0n) is 11.0. The van der Waals surface area contributed by atoms with Crippen LogP contribution in [0.2, 0.25) is 0 Å². The Bertz CT molecular complexity index is 526. The van der Waals surface area contributed by atoms with E-state index in [1.807, 2.05) is 0 Å². The number of rotatable bonds is 7. The highest BCUT2D eigenvalue weighted by Gasteiger charge is 2.15. The van der Waals surface area contributed by atoms with Crippen LogP contribution in [0.1, 0.15) is 19.3 Å². The Balaban J connectivity index is 2.44. The van der Waals surface area contributed by atoms with E-state index >= 15 is 0 Å². The van der Waals surface area contributed by atoms with Gasteiger partial charge in [0.2, 0.25) is 11.8 Å². The van der Waals surface area contributed by atoms with Crippen molar-refractivity contribution in [2.75, 3.05) is 17.2 Å². The van der Waals surface area contributed by atoms with Crippen molar-refractivity contribution in [3.8, 4) is 0 Å². The average molecular weight is 367 g/mol. The van der Waals surface area contributed by atoms with E-state index in [1.54, 1.807) is 0 Å². The first-order valence-corrected chi connectivity index (χ1v) is 7.34. The number of unbranched alkanes of at least 4 members (excludes halogenated alkanes) is 1. The molecule has 0 aromatic heterocycles. The van der Waals surface area contributed by atoms with E-state index in [0.29, 0.717) is 12.5 Å². The third-order valence-corrected chi connectivity index (χ3v) is 3.10. The predicted octanol–water partition coefficient (Wildman–Crippen LogP) is 2.72. The molecule has 0 aliphatic rings. The molecule has 0 saturated heterocycles. The van der Waals surface area contributed by atoms with Gasteiger partial charge in [-0.15, -0.1) is 0 Å². The molecule has 0 aliphatic carbocycles. The first-order valence-electron chi connectivity index (χ1n) is 6.21. The summed E-state index contributed by atoms with van der Waals surface area (Å²) in [7, 11) is 0. The van der Waals surface area contributed by atoms with Gasteiger partial charge in [0, 0.05) is 11.8 Å². The Kier molecular flexibility index (Phi) is 7.21. The number of hydrogen-bond acceptors (Lipinski definition) is 2. The van der Waals surface area contributed by atoms with Gasteiger partial charge in [-0.25, -0.2) is 13.2 Å². The van der Waals surface area contributed by atoms with Crippen LogP contribution in [-0.4, -0.2) is 23.7 Å². The molecule has 2 N–H and O–H groups in total. The third kappa shape index (κ3) is 5.74. The molecular weight excluding hydrogens is 353 g/mol. The first kappa shape index (κ1) is 17.5. The van der Waals surface area contributed by atoms with Gasteiger partial charge >= 0.3 is 0 Å². The minimum absolute atomic E-state index is 0.276. The smallest absolute Gasteiger partial charge is 0.243 e. The van der Waals surface area contributed by atoms with E-state index in [4.69, 9.17) is 0 Å². The molecular formula is C13H14BrF3N2O2. The molecule has 0 atom stereocenters. The Labute approximate surface area is 128 Å². The highest BCUT2D eigenvalue weighted by molar-refractivity contribution is 9.09. The van der Waals surface area contributed by atoms with E-state index < -0.39 is 29.0 Å². The summed E-state index contributed by atoms with van der Waals surface area (Å²) >= 11 is 3.23. The monoisotopic (exact) mass is 366 g/mol. The van der Waals surface area contributed by atoms with Crippen molar-refractivity contribution in [1.29, 1.82) is 0 Å². The van der Waals surface area contributed by atoms with Crippen molar-refractivity contribution in [1.82, 2.24) is 5.32 Å². The quantitative estimate of drug-likeness (QED) is 0.442. The van der Waals surface area contributed by atoms with Crippen LogP contribution in [0.4, 0.5) is 18.9 Å². The maximum absolute atomic E-state index is 13.3. The molecule has 0 radical (unpaired) electrons. The lowest BCUT2D eigenvalue weighted by atomic mass is 10.2. The van der Waals surface area contributed by atoms with E-state index in [0.717, 1.165) is 17.8 Å². The molecule has 1 rings (SSSR count). The molecule has 0 heterocycles. The van der Waals surface area contributed by atoms with E-state index in [-0.39, 0.29) is 18.9 Å². The highest BCUT2D eigenvalue weighted by atomic mass is 79.9. The molecule has 0 saturated carbocycles. The minimum Gasteiger partial charge on any atom is -0.347 e. The van der Waals surface area contributed by atoms with Crippen LogP contribution in [0.15, 0.2) is 12.1 Å². The zero-order valence-corrected chi connectivity index (χ0v) is 12.6. The van der Waals surface area contributed by atoms with Crippen LogP contribution in [0, 0.1) is 17.5 Å². The van der Waals surface area contributed by atoms with Gasteiger partial charge in [-0.1, -0.05) is 15.9 Å².